The monoisotopic (exact) mass is 232 g/mol. The van der Waals surface area contributed by atoms with Crippen LogP contribution in [0.5, 0.6) is 11.6 Å². The summed E-state index contributed by atoms with van der Waals surface area (Å²) < 4.78 is 7.53. The van der Waals surface area contributed by atoms with Crippen LogP contribution < -0.4 is 10.5 Å². The normalized spacial score (nSPS) is 10.6. The highest BCUT2D eigenvalue weighted by molar-refractivity contribution is 5.55. The van der Waals surface area contributed by atoms with Gasteiger partial charge in [0.2, 0.25) is 5.88 Å². The zero-order valence-corrected chi connectivity index (χ0v) is 10.5. The van der Waals surface area contributed by atoms with Gasteiger partial charge in [0.15, 0.2) is 5.75 Å². The van der Waals surface area contributed by atoms with E-state index in [4.69, 9.17) is 10.5 Å². The maximum Gasteiger partial charge on any atom is 0.243 e. The van der Waals surface area contributed by atoms with E-state index in [1.807, 2.05) is 33.9 Å². The molecule has 2 aromatic rings. The number of hydrogen-bond acceptors (Lipinski definition) is 4. The molecule has 0 atom stereocenters. The van der Waals surface area contributed by atoms with Gasteiger partial charge in [-0.25, -0.2) is 4.98 Å². The van der Waals surface area contributed by atoms with Gasteiger partial charge in [-0.1, -0.05) is 0 Å². The van der Waals surface area contributed by atoms with Gasteiger partial charge in [0.25, 0.3) is 0 Å². The molecule has 0 aromatic carbocycles. The van der Waals surface area contributed by atoms with Crippen molar-refractivity contribution in [2.75, 3.05) is 5.73 Å². The minimum absolute atomic E-state index is 0.434. The van der Waals surface area contributed by atoms with Gasteiger partial charge < -0.3 is 10.5 Å². The van der Waals surface area contributed by atoms with Crippen LogP contribution in [0.15, 0.2) is 12.3 Å². The predicted molar refractivity (Wildman–Crippen MR) is 66.1 cm³/mol. The number of aromatic nitrogens is 3. The van der Waals surface area contributed by atoms with E-state index in [1.165, 1.54) is 0 Å². The number of ether oxygens (including phenoxy) is 1. The van der Waals surface area contributed by atoms with Gasteiger partial charge >= 0.3 is 0 Å². The molecule has 0 unspecified atom stereocenters. The summed E-state index contributed by atoms with van der Waals surface area (Å²) in [5.74, 6) is 1.15. The fourth-order valence-corrected chi connectivity index (χ4v) is 1.62. The van der Waals surface area contributed by atoms with Gasteiger partial charge in [-0.05, 0) is 32.4 Å². The number of nitrogen functional groups attached to an aromatic ring is 1. The number of anilines is 1. The average molecular weight is 232 g/mol. The smallest absolute Gasteiger partial charge is 0.243 e. The van der Waals surface area contributed by atoms with Crippen molar-refractivity contribution in [2.45, 2.75) is 20.8 Å². The van der Waals surface area contributed by atoms with E-state index in [0.29, 0.717) is 11.6 Å². The van der Waals surface area contributed by atoms with E-state index >= 15 is 0 Å². The van der Waals surface area contributed by atoms with E-state index < -0.39 is 0 Å². The van der Waals surface area contributed by atoms with Crippen LogP contribution in [0.25, 0.3) is 0 Å². The Balaban J connectivity index is 2.41. The van der Waals surface area contributed by atoms with Crippen LogP contribution in [-0.2, 0) is 7.05 Å². The Hall–Kier alpha value is -2.04. The molecule has 0 spiro atoms. The average Bonchev–Trinajstić information content (AvgIpc) is 2.51. The molecule has 0 aliphatic carbocycles. The van der Waals surface area contributed by atoms with Crippen LogP contribution in [0.3, 0.4) is 0 Å². The fraction of sp³-hybridized carbons (Fsp3) is 0.333. The molecule has 90 valence electrons. The molecule has 2 heterocycles. The van der Waals surface area contributed by atoms with Crippen molar-refractivity contribution < 1.29 is 4.74 Å². The zero-order chi connectivity index (χ0) is 12.6. The summed E-state index contributed by atoms with van der Waals surface area (Å²) in [5, 5.41) is 4.28. The topological polar surface area (TPSA) is 66.0 Å². The lowest BCUT2D eigenvalue weighted by Crippen LogP contribution is -1.98. The Bertz CT molecular complexity index is 560. The van der Waals surface area contributed by atoms with E-state index in [-0.39, 0.29) is 0 Å². The third-order valence-electron chi connectivity index (χ3n) is 2.81. The van der Waals surface area contributed by atoms with Crippen LogP contribution in [0, 0.1) is 20.8 Å². The highest BCUT2D eigenvalue weighted by atomic mass is 16.5. The minimum atomic E-state index is 0.434. The summed E-state index contributed by atoms with van der Waals surface area (Å²) in [6.07, 6.45) is 1.68. The molecule has 17 heavy (non-hydrogen) atoms. The zero-order valence-electron chi connectivity index (χ0n) is 10.5. The molecular weight excluding hydrogens is 216 g/mol. The first-order valence-electron chi connectivity index (χ1n) is 5.40. The van der Waals surface area contributed by atoms with Crippen LogP contribution >= 0.6 is 0 Å². The molecule has 2 aromatic heterocycles. The van der Waals surface area contributed by atoms with Gasteiger partial charge in [-0.2, -0.15) is 5.10 Å². The maximum atomic E-state index is 5.92. The Morgan fingerprint density at radius 3 is 2.59 bits per heavy atom. The molecule has 0 bridgehead atoms. The highest BCUT2D eigenvalue weighted by Crippen LogP contribution is 2.31. The lowest BCUT2D eigenvalue weighted by atomic mass is 10.2. The Morgan fingerprint density at radius 2 is 2.00 bits per heavy atom. The molecule has 0 aliphatic rings. The van der Waals surface area contributed by atoms with Gasteiger partial charge in [-0.3, -0.25) is 4.68 Å². The van der Waals surface area contributed by atoms with Crippen LogP contribution in [0.4, 0.5) is 5.69 Å². The van der Waals surface area contributed by atoms with Crippen molar-refractivity contribution in [2.24, 2.45) is 7.05 Å². The van der Waals surface area contributed by atoms with Crippen molar-refractivity contribution in [1.82, 2.24) is 14.8 Å². The highest BCUT2D eigenvalue weighted by Gasteiger charge is 2.14. The predicted octanol–water partition coefficient (Wildman–Crippen LogP) is 2.11. The first-order chi connectivity index (χ1) is 8.00. The number of nitrogens with zero attached hydrogens (tertiary/aromatic N) is 3. The summed E-state index contributed by atoms with van der Waals surface area (Å²) in [7, 11) is 1.88. The molecule has 0 amide bonds. The van der Waals surface area contributed by atoms with Crippen molar-refractivity contribution in [3.05, 3.63) is 29.2 Å². The molecule has 5 heteroatoms. The van der Waals surface area contributed by atoms with Gasteiger partial charge in [0.05, 0.1) is 11.4 Å². The second kappa shape index (κ2) is 4.08. The SMILES string of the molecule is Cc1ccnc(Oc2c(C)nn(C)c2C)c1N. The first-order valence-corrected chi connectivity index (χ1v) is 5.40. The standard InChI is InChI=1S/C12H16N4O/c1-7-5-6-14-12(10(7)13)17-11-8(2)15-16(4)9(11)3/h5-6H,13H2,1-4H3. The molecule has 0 saturated heterocycles. The number of pyridine rings is 1. The lowest BCUT2D eigenvalue weighted by Gasteiger charge is -2.08. The number of hydrogen-bond donors (Lipinski definition) is 1. The Morgan fingerprint density at radius 1 is 1.29 bits per heavy atom. The molecule has 2 rings (SSSR count). The molecule has 5 nitrogen and oxygen atoms in total. The van der Waals surface area contributed by atoms with Gasteiger partial charge in [-0.15, -0.1) is 0 Å². The summed E-state index contributed by atoms with van der Waals surface area (Å²) in [5.41, 5.74) is 9.22. The van der Waals surface area contributed by atoms with Crippen LogP contribution in [-0.4, -0.2) is 14.8 Å². The lowest BCUT2D eigenvalue weighted by molar-refractivity contribution is 0.457. The van der Waals surface area contributed by atoms with Crippen molar-refractivity contribution in [3.63, 3.8) is 0 Å². The number of rotatable bonds is 2. The van der Waals surface area contributed by atoms with Gasteiger partial charge in [0, 0.05) is 13.2 Å². The second-order valence-electron chi connectivity index (χ2n) is 4.07. The summed E-state index contributed by atoms with van der Waals surface area (Å²) in [6, 6.07) is 1.85. The Kier molecular flexibility index (Phi) is 2.75. The fourth-order valence-electron chi connectivity index (χ4n) is 1.62. The van der Waals surface area contributed by atoms with E-state index in [2.05, 4.69) is 10.1 Å². The van der Waals surface area contributed by atoms with Crippen LogP contribution in [0.1, 0.15) is 17.0 Å². The second-order valence-corrected chi connectivity index (χ2v) is 4.07. The quantitative estimate of drug-likeness (QED) is 0.861. The molecule has 2 N–H and O–H groups in total. The van der Waals surface area contributed by atoms with Crippen molar-refractivity contribution >= 4 is 5.69 Å². The van der Waals surface area contributed by atoms with E-state index in [9.17, 15) is 0 Å². The molecular formula is C12H16N4O. The summed E-state index contributed by atoms with van der Waals surface area (Å²) >= 11 is 0. The van der Waals surface area contributed by atoms with E-state index in [0.717, 1.165) is 22.7 Å². The molecule has 0 fully saturated rings. The maximum absolute atomic E-state index is 5.92. The minimum Gasteiger partial charge on any atom is -0.433 e. The number of nitrogens with two attached hydrogens (primary N) is 1. The van der Waals surface area contributed by atoms with Crippen LogP contribution in [0.2, 0.25) is 0 Å². The first kappa shape index (κ1) is 11.4. The molecule has 0 aliphatic heterocycles. The third-order valence-corrected chi connectivity index (χ3v) is 2.81. The number of aryl methyl sites for hydroxylation is 3. The third kappa shape index (κ3) is 1.95. The summed E-state index contributed by atoms with van der Waals surface area (Å²) in [4.78, 5) is 4.14. The summed E-state index contributed by atoms with van der Waals surface area (Å²) in [6.45, 7) is 5.77. The van der Waals surface area contributed by atoms with Crippen molar-refractivity contribution in [1.29, 1.82) is 0 Å². The Labute approximate surface area is 100 Å². The largest absolute Gasteiger partial charge is 0.433 e. The molecule has 0 radical (unpaired) electrons. The molecule has 0 saturated carbocycles. The van der Waals surface area contributed by atoms with Gasteiger partial charge in [0.1, 0.15) is 5.69 Å². The van der Waals surface area contributed by atoms with E-state index in [1.54, 1.807) is 10.9 Å². The van der Waals surface area contributed by atoms with Crippen molar-refractivity contribution in [3.8, 4) is 11.6 Å².